The maximum absolute atomic E-state index is 14.2. The molecule has 8 heteroatoms. The van der Waals surface area contributed by atoms with Crippen LogP contribution in [0.1, 0.15) is 33.5 Å². The van der Waals surface area contributed by atoms with Gasteiger partial charge in [-0.25, -0.2) is 14.2 Å². The number of thiophene rings is 1. The van der Waals surface area contributed by atoms with Crippen molar-refractivity contribution in [2.45, 2.75) is 20.8 Å². The van der Waals surface area contributed by atoms with E-state index in [1.54, 1.807) is 20.8 Å². The van der Waals surface area contributed by atoms with Gasteiger partial charge in [0.1, 0.15) is 15.5 Å². The quantitative estimate of drug-likeness (QED) is 0.636. The monoisotopic (exact) mass is 371 g/mol. The Labute approximate surface area is 152 Å². The molecule has 2 aromatic heterocycles. The average Bonchev–Trinajstić information content (AvgIpc) is 2.93. The number of benzene rings is 1. The Kier molecular flexibility index (Phi) is 4.82. The van der Waals surface area contributed by atoms with Gasteiger partial charge >= 0.3 is 5.97 Å². The fraction of sp³-hybridized carbons (Fsp3) is 0.222. The first-order valence-electron chi connectivity index (χ1n) is 7.77. The number of halogens is 1. The van der Waals surface area contributed by atoms with Crippen LogP contribution in [-0.2, 0) is 4.74 Å². The zero-order chi connectivity index (χ0) is 18.8. The van der Waals surface area contributed by atoms with Crippen molar-refractivity contribution in [3.63, 3.8) is 0 Å². The summed E-state index contributed by atoms with van der Waals surface area (Å²) in [6.45, 7) is 5.41. The first-order valence-corrected chi connectivity index (χ1v) is 8.58. The molecule has 2 heterocycles. The molecule has 0 amide bonds. The Hall–Kier alpha value is -3.05. The highest BCUT2D eigenvalue weighted by Crippen LogP contribution is 2.37. The lowest BCUT2D eigenvalue weighted by molar-refractivity contribution is 0.0531. The maximum Gasteiger partial charge on any atom is 0.348 e. The van der Waals surface area contributed by atoms with Crippen LogP contribution >= 0.6 is 11.3 Å². The van der Waals surface area contributed by atoms with Gasteiger partial charge in [-0.3, -0.25) is 0 Å². The molecule has 0 aliphatic heterocycles. The molecular formula is C18H14FN3O3S. The largest absolute Gasteiger partial charge is 0.462 e. The van der Waals surface area contributed by atoms with Crippen LogP contribution in [0.4, 0.5) is 4.39 Å². The summed E-state index contributed by atoms with van der Waals surface area (Å²) in [7, 11) is 0. The van der Waals surface area contributed by atoms with Crippen LogP contribution in [-0.4, -0.2) is 22.5 Å². The first kappa shape index (κ1) is 17.8. The van der Waals surface area contributed by atoms with Crippen molar-refractivity contribution in [3.05, 3.63) is 45.8 Å². The minimum absolute atomic E-state index is 0.0633. The van der Waals surface area contributed by atoms with Crippen LogP contribution in [0.15, 0.2) is 18.2 Å². The molecule has 0 aliphatic carbocycles. The molecule has 0 radical (unpaired) electrons. The van der Waals surface area contributed by atoms with Gasteiger partial charge in [0, 0.05) is 0 Å². The molecule has 1 aromatic carbocycles. The molecule has 0 saturated heterocycles. The standard InChI is InChI=1S/C18H14FN3O3S/c1-4-24-18(23)15-9(2)14-16(21-10(3)22-17(14)26-15)25-13-6-5-11(8-20)7-12(13)19/h5-7H,4H2,1-3H3. The van der Waals surface area contributed by atoms with Crippen LogP contribution in [0.2, 0.25) is 0 Å². The number of ether oxygens (including phenoxy) is 2. The Bertz CT molecular complexity index is 1060. The normalized spacial score (nSPS) is 10.6. The lowest BCUT2D eigenvalue weighted by Gasteiger charge is -2.08. The van der Waals surface area contributed by atoms with Gasteiger partial charge in [0.05, 0.1) is 23.6 Å². The molecule has 0 unspecified atom stereocenters. The second-order valence-corrected chi connectivity index (χ2v) is 6.39. The lowest BCUT2D eigenvalue weighted by Crippen LogP contribution is -2.03. The minimum Gasteiger partial charge on any atom is -0.462 e. The van der Waals surface area contributed by atoms with Crippen molar-refractivity contribution in [3.8, 4) is 17.7 Å². The van der Waals surface area contributed by atoms with E-state index in [0.717, 1.165) is 6.07 Å². The molecule has 0 atom stereocenters. The highest BCUT2D eigenvalue weighted by Gasteiger charge is 2.22. The van der Waals surface area contributed by atoms with E-state index in [2.05, 4.69) is 9.97 Å². The molecule has 3 rings (SSSR count). The predicted molar refractivity (Wildman–Crippen MR) is 94.0 cm³/mol. The van der Waals surface area contributed by atoms with Crippen LogP contribution < -0.4 is 4.74 Å². The van der Waals surface area contributed by atoms with E-state index in [-0.39, 0.29) is 23.8 Å². The molecule has 0 fully saturated rings. The van der Waals surface area contributed by atoms with Gasteiger partial charge < -0.3 is 9.47 Å². The van der Waals surface area contributed by atoms with Crippen molar-refractivity contribution in [2.75, 3.05) is 6.61 Å². The molecule has 26 heavy (non-hydrogen) atoms. The molecular weight excluding hydrogens is 357 g/mol. The summed E-state index contributed by atoms with van der Waals surface area (Å²) in [5.41, 5.74) is 0.808. The third-order valence-corrected chi connectivity index (χ3v) is 4.76. The predicted octanol–water partition coefficient (Wildman–Crippen LogP) is 4.29. The second-order valence-electron chi connectivity index (χ2n) is 5.39. The third kappa shape index (κ3) is 3.21. The lowest BCUT2D eigenvalue weighted by atomic mass is 10.2. The van der Waals surface area contributed by atoms with E-state index in [1.165, 1.54) is 23.5 Å². The topological polar surface area (TPSA) is 85.1 Å². The van der Waals surface area contributed by atoms with Crippen LogP contribution in [0.25, 0.3) is 10.2 Å². The zero-order valence-electron chi connectivity index (χ0n) is 14.3. The van der Waals surface area contributed by atoms with Crippen molar-refractivity contribution >= 4 is 27.5 Å². The first-order chi connectivity index (χ1) is 12.4. The zero-order valence-corrected chi connectivity index (χ0v) is 15.1. The Balaban J connectivity index is 2.11. The van der Waals surface area contributed by atoms with Gasteiger partial charge in [-0.05, 0) is 44.5 Å². The number of nitriles is 1. The van der Waals surface area contributed by atoms with E-state index < -0.39 is 11.8 Å². The smallest absolute Gasteiger partial charge is 0.348 e. The molecule has 3 aromatic rings. The summed E-state index contributed by atoms with van der Waals surface area (Å²) in [4.78, 5) is 21.7. The molecule has 6 nitrogen and oxygen atoms in total. The van der Waals surface area contributed by atoms with Gasteiger partial charge in [0.25, 0.3) is 0 Å². The van der Waals surface area contributed by atoms with E-state index >= 15 is 0 Å². The Morgan fingerprint density at radius 3 is 2.77 bits per heavy atom. The van der Waals surface area contributed by atoms with Gasteiger partial charge in [0.2, 0.25) is 5.88 Å². The second kappa shape index (κ2) is 7.06. The Morgan fingerprint density at radius 1 is 1.35 bits per heavy atom. The SMILES string of the molecule is CCOC(=O)c1sc2nc(C)nc(Oc3ccc(C#N)cc3F)c2c1C. The van der Waals surface area contributed by atoms with Crippen LogP contribution in [0, 0.1) is 31.0 Å². The van der Waals surface area contributed by atoms with E-state index in [1.807, 2.05) is 6.07 Å². The highest BCUT2D eigenvalue weighted by molar-refractivity contribution is 7.20. The fourth-order valence-electron chi connectivity index (χ4n) is 2.43. The molecule has 132 valence electrons. The summed E-state index contributed by atoms with van der Waals surface area (Å²) in [6, 6.07) is 5.77. The molecule has 0 bridgehead atoms. The fourth-order valence-corrected chi connectivity index (χ4v) is 3.54. The van der Waals surface area contributed by atoms with Gasteiger partial charge in [-0.1, -0.05) is 0 Å². The summed E-state index contributed by atoms with van der Waals surface area (Å²) < 4.78 is 24.9. The van der Waals surface area contributed by atoms with Crippen molar-refractivity contribution in [1.82, 2.24) is 9.97 Å². The van der Waals surface area contributed by atoms with Crippen molar-refractivity contribution in [2.24, 2.45) is 0 Å². The molecule has 0 aliphatic rings. The summed E-state index contributed by atoms with van der Waals surface area (Å²) >= 11 is 1.18. The highest BCUT2D eigenvalue weighted by atomic mass is 32.1. The molecule has 0 N–H and O–H groups in total. The summed E-state index contributed by atoms with van der Waals surface area (Å²) in [5.74, 6) is -0.599. The molecule has 0 spiro atoms. The number of nitrogens with zero attached hydrogens (tertiary/aromatic N) is 3. The number of carbonyl (C=O) groups is 1. The van der Waals surface area contributed by atoms with E-state index in [4.69, 9.17) is 14.7 Å². The Morgan fingerprint density at radius 2 is 2.12 bits per heavy atom. The van der Waals surface area contributed by atoms with Gasteiger partial charge in [-0.15, -0.1) is 11.3 Å². The number of aromatic nitrogens is 2. The van der Waals surface area contributed by atoms with Crippen molar-refractivity contribution in [1.29, 1.82) is 5.26 Å². The van der Waals surface area contributed by atoms with Crippen molar-refractivity contribution < 1.29 is 18.7 Å². The number of hydrogen-bond donors (Lipinski definition) is 0. The molecule has 0 saturated carbocycles. The number of rotatable bonds is 4. The van der Waals surface area contributed by atoms with E-state index in [9.17, 15) is 9.18 Å². The summed E-state index contributed by atoms with van der Waals surface area (Å²) in [5, 5.41) is 9.37. The number of hydrogen-bond acceptors (Lipinski definition) is 7. The van der Waals surface area contributed by atoms with E-state index in [0.29, 0.717) is 26.5 Å². The minimum atomic E-state index is -0.674. The third-order valence-electron chi connectivity index (χ3n) is 3.60. The number of esters is 1. The van der Waals surface area contributed by atoms with Gasteiger partial charge in [-0.2, -0.15) is 10.2 Å². The number of aryl methyl sites for hydroxylation is 2. The number of fused-ring (bicyclic) bond motifs is 1. The van der Waals surface area contributed by atoms with Crippen LogP contribution in [0.3, 0.4) is 0 Å². The summed E-state index contributed by atoms with van der Waals surface area (Å²) in [6.07, 6.45) is 0. The number of carbonyl (C=O) groups excluding carboxylic acids is 1. The van der Waals surface area contributed by atoms with Gasteiger partial charge in [0.15, 0.2) is 11.6 Å². The average molecular weight is 371 g/mol. The maximum atomic E-state index is 14.2. The van der Waals surface area contributed by atoms with Crippen LogP contribution in [0.5, 0.6) is 11.6 Å².